The van der Waals surface area contributed by atoms with E-state index >= 15 is 0 Å². The summed E-state index contributed by atoms with van der Waals surface area (Å²) < 4.78 is 1.87. The molecule has 14 heavy (non-hydrogen) atoms. The van der Waals surface area contributed by atoms with Gasteiger partial charge in [0, 0.05) is 29.5 Å². The molecule has 0 aliphatic rings. The van der Waals surface area contributed by atoms with Crippen LogP contribution in [0.25, 0.3) is 5.69 Å². The summed E-state index contributed by atoms with van der Waals surface area (Å²) in [5.41, 5.74) is 3.30. The molecule has 0 unspecified atom stereocenters. The molecule has 0 saturated carbocycles. The first-order valence-corrected chi connectivity index (χ1v) is 5.45. The molecule has 0 spiro atoms. The number of nitrogens with zero attached hydrogens (tertiary/aromatic N) is 3. The van der Waals surface area contributed by atoms with Crippen LogP contribution in [-0.4, -0.2) is 14.8 Å². The minimum Gasteiger partial charge on any atom is -0.265 e. The number of pyridine rings is 1. The first-order chi connectivity index (χ1) is 6.81. The molecular formula is C10H10BrN3. The van der Waals surface area contributed by atoms with Gasteiger partial charge in [0.2, 0.25) is 0 Å². The Morgan fingerprint density at radius 1 is 1.36 bits per heavy atom. The average molecular weight is 252 g/mol. The van der Waals surface area contributed by atoms with E-state index in [-0.39, 0.29) is 0 Å². The van der Waals surface area contributed by atoms with E-state index in [1.54, 1.807) is 12.4 Å². The van der Waals surface area contributed by atoms with Crippen LogP contribution < -0.4 is 0 Å². The number of hydrogen-bond acceptors (Lipinski definition) is 2. The molecule has 0 saturated heterocycles. The Morgan fingerprint density at radius 2 is 2.07 bits per heavy atom. The highest BCUT2D eigenvalue weighted by Crippen LogP contribution is 2.13. The fourth-order valence-corrected chi connectivity index (χ4v) is 1.81. The van der Waals surface area contributed by atoms with Crippen LogP contribution in [0, 0.1) is 6.92 Å². The molecule has 0 N–H and O–H groups in total. The molecule has 2 heterocycles. The molecule has 0 amide bonds. The van der Waals surface area contributed by atoms with Crippen LogP contribution in [0.4, 0.5) is 0 Å². The van der Waals surface area contributed by atoms with Gasteiger partial charge >= 0.3 is 0 Å². The molecular weight excluding hydrogens is 242 g/mol. The van der Waals surface area contributed by atoms with Crippen molar-refractivity contribution in [3.63, 3.8) is 0 Å². The minimum absolute atomic E-state index is 0.837. The summed E-state index contributed by atoms with van der Waals surface area (Å²) in [6, 6.07) is 3.87. The highest BCUT2D eigenvalue weighted by atomic mass is 79.9. The largest absolute Gasteiger partial charge is 0.265 e. The number of aryl methyl sites for hydroxylation is 1. The molecule has 0 atom stereocenters. The quantitative estimate of drug-likeness (QED) is 0.768. The Labute approximate surface area is 90.9 Å². The fourth-order valence-electron chi connectivity index (χ4n) is 1.26. The van der Waals surface area contributed by atoms with E-state index in [0.717, 1.165) is 16.7 Å². The Kier molecular flexibility index (Phi) is 2.63. The normalized spacial score (nSPS) is 10.4. The summed E-state index contributed by atoms with van der Waals surface area (Å²) >= 11 is 3.43. The molecule has 0 fully saturated rings. The van der Waals surface area contributed by atoms with E-state index in [0.29, 0.717) is 0 Å². The van der Waals surface area contributed by atoms with Crippen molar-refractivity contribution in [3.8, 4) is 5.69 Å². The zero-order chi connectivity index (χ0) is 9.97. The third-order valence-corrected chi connectivity index (χ3v) is 2.68. The SMILES string of the molecule is Cc1nn(-c2ccncc2)cc1CBr. The zero-order valence-electron chi connectivity index (χ0n) is 7.81. The maximum Gasteiger partial charge on any atom is 0.0676 e. The van der Waals surface area contributed by atoms with Gasteiger partial charge in [0.1, 0.15) is 0 Å². The van der Waals surface area contributed by atoms with Crippen molar-refractivity contribution in [1.29, 1.82) is 0 Å². The summed E-state index contributed by atoms with van der Waals surface area (Å²) in [6.07, 6.45) is 5.56. The monoisotopic (exact) mass is 251 g/mol. The van der Waals surface area contributed by atoms with Crippen LogP contribution in [0.5, 0.6) is 0 Å². The third-order valence-electron chi connectivity index (χ3n) is 2.07. The molecule has 2 aromatic rings. The summed E-state index contributed by atoms with van der Waals surface area (Å²) in [4.78, 5) is 3.97. The lowest BCUT2D eigenvalue weighted by Gasteiger charge is -1.98. The second-order valence-corrected chi connectivity index (χ2v) is 3.58. The van der Waals surface area contributed by atoms with Crippen molar-refractivity contribution < 1.29 is 0 Å². The molecule has 72 valence electrons. The van der Waals surface area contributed by atoms with Gasteiger partial charge in [-0.3, -0.25) is 4.98 Å². The molecule has 0 bridgehead atoms. The number of hydrogen-bond donors (Lipinski definition) is 0. The molecule has 0 aliphatic carbocycles. The topological polar surface area (TPSA) is 30.7 Å². The van der Waals surface area contributed by atoms with Crippen LogP contribution in [0.1, 0.15) is 11.3 Å². The molecule has 0 aliphatic heterocycles. The van der Waals surface area contributed by atoms with Crippen molar-refractivity contribution in [3.05, 3.63) is 42.0 Å². The lowest BCUT2D eigenvalue weighted by Crippen LogP contribution is -1.94. The average Bonchev–Trinajstić information content (AvgIpc) is 2.61. The van der Waals surface area contributed by atoms with E-state index in [9.17, 15) is 0 Å². The number of rotatable bonds is 2. The molecule has 3 nitrogen and oxygen atoms in total. The number of halogens is 1. The van der Waals surface area contributed by atoms with Crippen LogP contribution in [0.15, 0.2) is 30.7 Å². The third kappa shape index (κ3) is 1.70. The molecule has 0 radical (unpaired) electrons. The van der Waals surface area contributed by atoms with Gasteiger partial charge in [-0.25, -0.2) is 4.68 Å². The van der Waals surface area contributed by atoms with Crippen molar-refractivity contribution in [2.75, 3.05) is 0 Å². The minimum atomic E-state index is 0.837. The fraction of sp³-hybridized carbons (Fsp3) is 0.200. The predicted octanol–water partition coefficient (Wildman–Crippen LogP) is 2.47. The van der Waals surface area contributed by atoms with Crippen molar-refractivity contribution >= 4 is 15.9 Å². The lowest BCUT2D eigenvalue weighted by molar-refractivity contribution is 0.860. The molecule has 0 aromatic carbocycles. The van der Waals surface area contributed by atoms with Crippen LogP contribution >= 0.6 is 15.9 Å². The first-order valence-electron chi connectivity index (χ1n) is 4.33. The Balaban J connectivity index is 2.43. The van der Waals surface area contributed by atoms with Crippen LogP contribution in [-0.2, 0) is 5.33 Å². The second-order valence-electron chi connectivity index (χ2n) is 3.02. The number of alkyl halides is 1. The Bertz CT molecular complexity index is 422. The van der Waals surface area contributed by atoms with Crippen molar-refractivity contribution in [1.82, 2.24) is 14.8 Å². The second kappa shape index (κ2) is 3.92. The van der Waals surface area contributed by atoms with E-state index < -0.39 is 0 Å². The van der Waals surface area contributed by atoms with Crippen LogP contribution in [0.3, 0.4) is 0 Å². The van der Waals surface area contributed by atoms with E-state index in [4.69, 9.17) is 0 Å². The highest BCUT2D eigenvalue weighted by Gasteiger charge is 2.03. The smallest absolute Gasteiger partial charge is 0.0676 e. The van der Waals surface area contributed by atoms with Gasteiger partial charge < -0.3 is 0 Å². The van der Waals surface area contributed by atoms with Gasteiger partial charge in [0.25, 0.3) is 0 Å². The van der Waals surface area contributed by atoms with E-state index in [1.807, 2.05) is 29.9 Å². The Hall–Kier alpha value is -1.16. The first kappa shape index (κ1) is 9.40. The Morgan fingerprint density at radius 3 is 2.64 bits per heavy atom. The van der Waals surface area contributed by atoms with Crippen molar-refractivity contribution in [2.24, 2.45) is 0 Å². The predicted molar refractivity (Wildman–Crippen MR) is 58.7 cm³/mol. The highest BCUT2D eigenvalue weighted by molar-refractivity contribution is 9.08. The standard InChI is InChI=1S/C10H10BrN3/c1-8-9(6-11)7-14(13-8)10-2-4-12-5-3-10/h2-5,7H,6H2,1H3. The molecule has 2 rings (SSSR count). The summed E-state index contributed by atoms with van der Waals surface area (Å²) in [7, 11) is 0. The van der Waals surface area contributed by atoms with E-state index in [1.165, 1.54) is 5.56 Å². The lowest BCUT2D eigenvalue weighted by atomic mass is 10.3. The van der Waals surface area contributed by atoms with Crippen LogP contribution in [0.2, 0.25) is 0 Å². The molecule has 4 heteroatoms. The maximum atomic E-state index is 4.41. The summed E-state index contributed by atoms with van der Waals surface area (Å²) in [5, 5.41) is 5.25. The van der Waals surface area contributed by atoms with Gasteiger partial charge in [-0.15, -0.1) is 0 Å². The zero-order valence-corrected chi connectivity index (χ0v) is 9.40. The molecule has 2 aromatic heterocycles. The maximum absolute atomic E-state index is 4.41. The van der Waals surface area contributed by atoms with Gasteiger partial charge in [-0.2, -0.15) is 5.10 Å². The van der Waals surface area contributed by atoms with Gasteiger partial charge in [0.05, 0.1) is 11.4 Å². The number of aromatic nitrogens is 3. The van der Waals surface area contributed by atoms with E-state index in [2.05, 4.69) is 26.0 Å². The van der Waals surface area contributed by atoms with Gasteiger partial charge in [0.15, 0.2) is 0 Å². The van der Waals surface area contributed by atoms with Gasteiger partial charge in [-0.1, -0.05) is 15.9 Å². The summed E-state index contributed by atoms with van der Waals surface area (Å²) in [5.74, 6) is 0. The van der Waals surface area contributed by atoms with Crippen molar-refractivity contribution in [2.45, 2.75) is 12.3 Å². The van der Waals surface area contributed by atoms with Gasteiger partial charge in [-0.05, 0) is 19.1 Å². The summed E-state index contributed by atoms with van der Waals surface area (Å²) in [6.45, 7) is 2.01.